The molecule has 0 aliphatic heterocycles. The van der Waals surface area contributed by atoms with E-state index in [2.05, 4.69) is 4.98 Å². The van der Waals surface area contributed by atoms with Crippen LogP contribution in [0, 0.1) is 0 Å². The van der Waals surface area contributed by atoms with Crippen LogP contribution in [0.25, 0.3) is 6.08 Å². The number of rotatable bonds is 4. The lowest BCUT2D eigenvalue weighted by molar-refractivity contribution is -0.107. The van der Waals surface area contributed by atoms with Crippen LogP contribution in [0.5, 0.6) is 0 Å². The topological polar surface area (TPSA) is 70.2 Å². The Morgan fingerprint density at radius 3 is 2.92 bits per heavy atom. The molecule has 0 bridgehead atoms. The van der Waals surface area contributed by atoms with Crippen molar-refractivity contribution in [2.75, 3.05) is 0 Å². The molecule has 0 aliphatic carbocycles. The maximum absolute atomic E-state index is 10.4. The zero-order valence-corrected chi connectivity index (χ0v) is 6.86. The number of carboxylic acid groups (broad SMARTS) is 1. The minimum absolute atomic E-state index is 0.144. The van der Waals surface area contributed by atoms with Crippen molar-refractivity contribution in [1.29, 1.82) is 0 Å². The van der Waals surface area contributed by atoms with Gasteiger partial charge in [-0.15, -0.1) is 0 Å². The number of aromatic amines is 1. The third kappa shape index (κ3) is 2.59. The lowest BCUT2D eigenvalue weighted by Crippen LogP contribution is -1.94. The first-order valence-corrected chi connectivity index (χ1v) is 3.76. The van der Waals surface area contributed by atoms with Gasteiger partial charge in [0.1, 0.15) is 12.0 Å². The molecule has 0 amide bonds. The van der Waals surface area contributed by atoms with Gasteiger partial charge in [-0.05, 0) is 11.6 Å². The van der Waals surface area contributed by atoms with E-state index in [1.54, 1.807) is 18.3 Å². The fourth-order valence-corrected chi connectivity index (χ4v) is 0.890. The highest BCUT2D eigenvalue weighted by molar-refractivity contribution is 5.86. The molecule has 68 valence electrons. The minimum atomic E-state index is -0.991. The number of nitrogens with one attached hydrogen (secondary N) is 1. The molecule has 2 N–H and O–H groups in total. The molecule has 0 saturated carbocycles. The molecule has 0 aliphatic rings. The Balaban J connectivity index is 2.69. The molecule has 1 heterocycles. The second-order valence-electron chi connectivity index (χ2n) is 2.46. The molecule has 4 heteroatoms. The van der Waals surface area contributed by atoms with E-state index < -0.39 is 5.97 Å². The summed E-state index contributed by atoms with van der Waals surface area (Å²) in [6, 6.07) is 1.50. The number of carbonyl (C=O) groups is 2. The van der Waals surface area contributed by atoms with E-state index in [0.29, 0.717) is 6.42 Å². The normalized spacial score (nSPS) is 10.5. The number of hydrogen-bond acceptors (Lipinski definition) is 2. The highest BCUT2D eigenvalue weighted by Gasteiger charge is 2.03. The lowest BCUT2D eigenvalue weighted by atomic mass is 10.2. The van der Waals surface area contributed by atoms with Gasteiger partial charge in [0.2, 0.25) is 0 Å². The second kappa shape index (κ2) is 4.25. The Morgan fingerprint density at radius 1 is 1.62 bits per heavy atom. The smallest absolute Gasteiger partial charge is 0.352 e. The van der Waals surface area contributed by atoms with Gasteiger partial charge in [-0.25, -0.2) is 4.79 Å². The third-order valence-corrected chi connectivity index (χ3v) is 1.48. The molecule has 1 rings (SSSR count). The summed E-state index contributed by atoms with van der Waals surface area (Å²) in [6.45, 7) is 0. The molecule has 0 fully saturated rings. The maximum Gasteiger partial charge on any atom is 0.352 e. The molecule has 0 saturated heterocycles. The summed E-state index contributed by atoms with van der Waals surface area (Å²) >= 11 is 0. The van der Waals surface area contributed by atoms with E-state index in [-0.39, 0.29) is 5.69 Å². The van der Waals surface area contributed by atoms with Crippen molar-refractivity contribution in [2.24, 2.45) is 0 Å². The summed E-state index contributed by atoms with van der Waals surface area (Å²) in [5, 5.41) is 8.56. The third-order valence-electron chi connectivity index (χ3n) is 1.48. The number of aromatic nitrogens is 1. The summed E-state index contributed by atoms with van der Waals surface area (Å²) in [4.78, 5) is 23.0. The predicted octanol–water partition coefficient (Wildman–Crippen LogP) is 1.32. The van der Waals surface area contributed by atoms with Crippen molar-refractivity contribution in [3.05, 3.63) is 29.6 Å². The number of carboxylic acids is 1. The first-order chi connectivity index (χ1) is 6.24. The molecular formula is C9H9NO3. The number of hydrogen-bond donors (Lipinski definition) is 2. The zero-order valence-electron chi connectivity index (χ0n) is 6.86. The first-order valence-electron chi connectivity index (χ1n) is 3.76. The highest BCUT2D eigenvalue weighted by Crippen LogP contribution is 2.05. The largest absolute Gasteiger partial charge is 0.477 e. The number of aldehydes is 1. The van der Waals surface area contributed by atoms with Crippen molar-refractivity contribution in [3.63, 3.8) is 0 Å². The summed E-state index contributed by atoms with van der Waals surface area (Å²) in [6.07, 6.45) is 6.05. The summed E-state index contributed by atoms with van der Waals surface area (Å²) < 4.78 is 0. The Kier molecular flexibility index (Phi) is 3.03. The van der Waals surface area contributed by atoms with E-state index in [0.717, 1.165) is 11.8 Å². The fraction of sp³-hybridized carbons (Fsp3) is 0.111. The van der Waals surface area contributed by atoms with Crippen molar-refractivity contribution in [3.8, 4) is 0 Å². The molecular weight excluding hydrogens is 170 g/mol. The molecule has 4 nitrogen and oxygen atoms in total. The second-order valence-corrected chi connectivity index (χ2v) is 2.46. The molecule has 0 aromatic carbocycles. The van der Waals surface area contributed by atoms with E-state index in [4.69, 9.17) is 5.11 Å². The van der Waals surface area contributed by atoms with E-state index in [9.17, 15) is 9.59 Å². The standard InChI is InChI=1S/C9H9NO3/c11-4-2-1-3-7-5-8(9(12)13)10-6-7/h1,3-6,10H,2H2,(H,12,13). The van der Waals surface area contributed by atoms with Crippen molar-refractivity contribution < 1.29 is 14.7 Å². The van der Waals surface area contributed by atoms with Gasteiger partial charge in [0, 0.05) is 12.6 Å². The van der Waals surface area contributed by atoms with Gasteiger partial charge in [0.05, 0.1) is 0 Å². The summed E-state index contributed by atoms with van der Waals surface area (Å²) in [5.41, 5.74) is 0.894. The monoisotopic (exact) mass is 179 g/mol. The van der Waals surface area contributed by atoms with Gasteiger partial charge in [-0.3, -0.25) is 0 Å². The van der Waals surface area contributed by atoms with Crippen LogP contribution in [0.2, 0.25) is 0 Å². The molecule has 0 radical (unpaired) electrons. The summed E-state index contributed by atoms with van der Waals surface area (Å²) in [5.74, 6) is -0.991. The SMILES string of the molecule is O=CCC=Cc1c[nH]c(C(=O)O)c1. The number of allylic oxidation sites excluding steroid dienone is 1. The number of carbonyl (C=O) groups excluding carboxylic acids is 1. The molecule has 13 heavy (non-hydrogen) atoms. The van der Waals surface area contributed by atoms with Crippen LogP contribution in [-0.4, -0.2) is 22.3 Å². The van der Waals surface area contributed by atoms with Crippen LogP contribution in [0.15, 0.2) is 18.3 Å². The molecule has 0 unspecified atom stereocenters. The average Bonchev–Trinajstić information content (AvgIpc) is 2.53. The average molecular weight is 179 g/mol. The Bertz CT molecular complexity index is 338. The van der Waals surface area contributed by atoms with Crippen LogP contribution in [0.1, 0.15) is 22.5 Å². The molecule has 0 atom stereocenters. The van der Waals surface area contributed by atoms with Gasteiger partial charge >= 0.3 is 5.97 Å². The summed E-state index contributed by atoms with van der Waals surface area (Å²) in [7, 11) is 0. The molecule has 1 aromatic rings. The number of H-pyrrole nitrogens is 1. The van der Waals surface area contributed by atoms with Crippen LogP contribution < -0.4 is 0 Å². The van der Waals surface area contributed by atoms with Crippen LogP contribution in [0.4, 0.5) is 0 Å². The van der Waals surface area contributed by atoms with E-state index >= 15 is 0 Å². The quantitative estimate of drug-likeness (QED) is 0.684. The first kappa shape index (κ1) is 9.25. The van der Waals surface area contributed by atoms with Crippen molar-refractivity contribution in [2.45, 2.75) is 6.42 Å². The van der Waals surface area contributed by atoms with Gasteiger partial charge in [-0.1, -0.05) is 12.2 Å². The van der Waals surface area contributed by atoms with E-state index in [1.807, 2.05) is 0 Å². The van der Waals surface area contributed by atoms with Crippen LogP contribution in [-0.2, 0) is 4.79 Å². The van der Waals surface area contributed by atoms with Crippen molar-refractivity contribution >= 4 is 18.3 Å². The fourth-order valence-electron chi connectivity index (χ4n) is 0.890. The van der Waals surface area contributed by atoms with Crippen LogP contribution in [0.3, 0.4) is 0 Å². The Labute approximate surface area is 74.9 Å². The van der Waals surface area contributed by atoms with Crippen molar-refractivity contribution in [1.82, 2.24) is 4.98 Å². The van der Waals surface area contributed by atoms with E-state index in [1.165, 1.54) is 6.07 Å². The van der Waals surface area contributed by atoms with Gasteiger partial charge in [0.15, 0.2) is 0 Å². The van der Waals surface area contributed by atoms with Gasteiger partial charge in [0.25, 0.3) is 0 Å². The van der Waals surface area contributed by atoms with Gasteiger partial charge < -0.3 is 14.9 Å². The molecule has 1 aromatic heterocycles. The predicted molar refractivity (Wildman–Crippen MR) is 47.5 cm³/mol. The minimum Gasteiger partial charge on any atom is -0.477 e. The Hall–Kier alpha value is -1.84. The highest BCUT2D eigenvalue weighted by atomic mass is 16.4. The zero-order chi connectivity index (χ0) is 9.68. The number of aromatic carboxylic acids is 1. The van der Waals surface area contributed by atoms with Gasteiger partial charge in [-0.2, -0.15) is 0 Å². The lowest BCUT2D eigenvalue weighted by Gasteiger charge is -1.82. The maximum atomic E-state index is 10.4. The Morgan fingerprint density at radius 2 is 2.38 bits per heavy atom. The molecule has 0 spiro atoms. The van der Waals surface area contributed by atoms with Crippen LogP contribution >= 0.6 is 0 Å².